The Bertz CT molecular complexity index is 90.4. The van der Waals surface area contributed by atoms with Gasteiger partial charge in [0.1, 0.15) is 0 Å². The molecule has 2 fully saturated rings. The number of halogens is 1. The first-order valence-electron chi connectivity index (χ1n) is 5.09. The summed E-state index contributed by atoms with van der Waals surface area (Å²) in [5, 5.41) is 0. The minimum Gasteiger partial charge on any atom is -0.300 e. The molecule has 0 N–H and O–H groups in total. The molecule has 2 rings (SSSR count). The maximum atomic E-state index is 2.94. The molecule has 12 heavy (non-hydrogen) atoms. The second kappa shape index (κ2) is 5.98. The van der Waals surface area contributed by atoms with E-state index in [0.717, 1.165) is 6.04 Å². The van der Waals surface area contributed by atoms with Crippen LogP contribution in [0.5, 0.6) is 0 Å². The highest BCUT2D eigenvalue weighted by molar-refractivity contribution is 9.08. The molecule has 0 bridgehead atoms. The summed E-state index contributed by atoms with van der Waals surface area (Å²) in [6.07, 6.45) is 8.86. The monoisotopic (exact) mass is 233 g/mol. The van der Waals surface area contributed by atoms with E-state index in [1.807, 2.05) is 5.83 Å². The number of piperidine rings is 2. The highest BCUT2D eigenvalue weighted by Gasteiger charge is 2.24. The predicted octanol–water partition coefficient (Wildman–Crippen LogP) is 3.04. The van der Waals surface area contributed by atoms with E-state index in [-0.39, 0.29) is 0 Å². The normalized spacial score (nSPS) is 25.5. The molecule has 0 aromatic rings. The van der Waals surface area contributed by atoms with Gasteiger partial charge in [0.2, 0.25) is 0 Å². The molecule has 2 aliphatic heterocycles. The summed E-state index contributed by atoms with van der Waals surface area (Å²) in [5.74, 6) is 1.81. The van der Waals surface area contributed by atoms with E-state index < -0.39 is 0 Å². The second-order valence-electron chi connectivity index (χ2n) is 3.68. The third-order valence-electron chi connectivity index (χ3n) is 2.98. The van der Waals surface area contributed by atoms with Crippen molar-refractivity contribution in [1.82, 2.24) is 4.90 Å². The first-order valence-corrected chi connectivity index (χ1v) is 6.67. The molecule has 0 aliphatic carbocycles. The van der Waals surface area contributed by atoms with Gasteiger partial charge < -0.3 is 4.90 Å². The van der Waals surface area contributed by atoms with E-state index in [1.165, 1.54) is 51.6 Å². The lowest BCUT2D eigenvalue weighted by Gasteiger charge is -2.39. The van der Waals surface area contributed by atoms with Crippen molar-refractivity contribution in [3.05, 3.63) is 0 Å². The lowest BCUT2D eigenvalue weighted by Crippen LogP contribution is -2.42. The second-order valence-corrected chi connectivity index (χ2v) is 3.68. The molecular weight excluding hydrogens is 214 g/mol. The largest absolute Gasteiger partial charge is 0.300 e. The fourth-order valence-corrected chi connectivity index (χ4v) is 2.38. The van der Waals surface area contributed by atoms with Gasteiger partial charge in [-0.05, 0) is 44.6 Å². The standard InChI is InChI=1S/C9H17N.CH3Br/c1-3-7-10-8-4-2-6-9(10)5-1;1-2/h9H,1-8H2;1H3. The Morgan fingerprint density at radius 2 is 1.42 bits per heavy atom. The van der Waals surface area contributed by atoms with Crippen LogP contribution in [0, 0.1) is 0 Å². The van der Waals surface area contributed by atoms with Crippen molar-refractivity contribution in [2.75, 3.05) is 18.9 Å². The Hall–Kier alpha value is 0.440. The highest BCUT2D eigenvalue weighted by atomic mass is 79.9. The van der Waals surface area contributed by atoms with Crippen LogP contribution in [-0.2, 0) is 0 Å². The van der Waals surface area contributed by atoms with Gasteiger partial charge in [-0.15, -0.1) is 0 Å². The third-order valence-corrected chi connectivity index (χ3v) is 2.98. The van der Waals surface area contributed by atoms with Crippen molar-refractivity contribution in [3.8, 4) is 0 Å². The lowest BCUT2D eigenvalue weighted by atomic mass is 9.93. The smallest absolute Gasteiger partial charge is 0.00952 e. The number of nitrogens with zero attached hydrogens (tertiary/aromatic N) is 1. The molecule has 2 heteroatoms. The summed E-state index contributed by atoms with van der Waals surface area (Å²) in [7, 11) is 0. The maximum absolute atomic E-state index is 2.94. The van der Waals surface area contributed by atoms with Gasteiger partial charge in [-0.25, -0.2) is 0 Å². The van der Waals surface area contributed by atoms with E-state index >= 15 is 0 Å². The van der Waals surface area contributed by atoms with Crippen molar-refractivity contribution in [2.24, 2.45) is 0 Å². The molecule has 2 heterocycles. The summed E-state index contributed by atoms with van der Waals surface area (Å²) in [6, 6.07) is 0.988. The van der Waals surface area contributed by atoms with Crippen LogP contribution in [-0.4, -0.2) is 29.9 Å². The minimum absolute atomic E-state index is 0.988. The summed E-state index contributed by atoms with van der Waals surface area (Å²) >= 11 is 2.94. The SMILES string of the molecule is C1CCN2CCCCC2C1.CBr. The van der Waals surface area contributed by atoms with Crippen LogP contribution in [0.15, 0.2) is 0 Å². The molecule has 0 unspecified atom stereocenters. The van der Waals surface area contributed by atoms with Gasteiger partial charge in [0.05, 0.1) is 0 Å². The zero-order chi connectivity index (χ0) is 8.81. The van der Waals surface area contributed by atoms with Crippen LogP contribution in [0.1, 0.15) is 38.5 Å². The van der Waals surface area contributed by atoms with Crippen LogP contribution in [0.4, 0.5) is 0 Å². The van der Waals surface area contributed by atoms with Crippen molar-refractivity contribution in [1.29, 1.82) is 0 Å². The Kier molecular flexibility index (Phi) is 5.24. The Morgan fingerprint density at radius 3 is 1.83 bits per heavy atom. The average Bonchev–Trinajstić information content (AvgIpc) is 2.21. The lowest BCUT2D eigenvalue weighted by molar-refractivity contribution is 0.109. The molecule has 2 aliphatic rings. The fraction of sp³-hybridized carbons (Fsp3) is 1.00. The number of hydrogen-bond acceptors (Lipinski definition) is 1. The average molecular weight is 234 g/mol. The molecule has 0 saturated carbocycles. The zero-order valence-corrected chi connectivity index (χ0v) is 9.65. The number of rotatable bonds is 0. The van der Waals surface area contributed by atoms with Gasteiger partial charge >= 0.3 is 0 Å². The molecule has 0 aromatic heterocycles. The first-order chi connectivity index (χ1) is 5.97. The van der Waals surface area contributed by atoms with E-state index in [1.54, 1.807) is 0 Å². The van der Waals surface area contributed by atoms with Crippen LogP contribution in [0.2, 0.25) is 0 Å². The Balaban J connectivity index is 0.000000336. The zero-order valence-electron chi connectivity index (χ0n) is 8.06. The van der Waals surface area contributed by atoms with Crippen molar-refractivity contribution >= 4 is 15.9 Å². The molecule has 1 nitrogen and oxygen atoms in total. The van der Waals surface area contributed by atoms with Gasteiger partial charge in [-0.2, -0.15) is 0 Å². The van der Waals surface area contributed by atoms with Crippen molar-refractivity contribution < 1.29 is 0 Å². The van der Waals surface area contributed by atoms with Crippen LogP contribution < -0.4 is 0 Å². The van der Waals surface area contributed by atoms with Crippen molar-refractivity contribution in [3.63, 3.8) is 0 Å². The van der Waals surface area contributed by atoms with Crippen molar-refractivity contribution in [2.45, 2.75) is 44.6 Å². The van der Waals surface area contributed by atoms with Crippen LogP contribution in [0.3, 0.4) is 0 Å². The highest BCUT2D eigenvalue weighted by Crippen LogP contribution is 2.25. The predicted molar refractivity (Wildman–Crippen MR) is 57.9 cm³/mol. The number of fused-ring (bicyclic) bond motifs is 1. The van der Waals surface area contributed by atoms with Gasteiger partial charge in [-0.1, -0.05) is 28.8 Å². The topological polar surface area (TPSA) is 3.24 Å². The van der Waals surface area contributed by atoms with Gasteiger partial charge in [0, 0.05) is 6.04 Å². The molecule has 0 spiro atoms. The quantitative estimate of drug-likeness (QED) is 0.582. The molecule has 72 valence electrons. The minimum atomic E-state index is 0.988. The molecule has 0 aromatic carbocycles. The van der Waals surface area contributed by atoms with E-state index in [2.05, 4.69) is 20.8 Å². The van der Waals surface area contributed by atoms with E-state index in [9.17, 15) is 0 Å². The maximum Gasteiger partial charge on any atom is 0.00952 e. The summed E-state index contributed by atoms with van der Waals surface area (Å²) in [4.78, 5) is 2.70. The Labute approximate surface area is 84.6 Å². The van der Waals surface area contributed by atoms with E-state index in [0.29, 0.717) is 0 Å². The number of hydrogen-bond donors (Lipinski definition) is 0. The van der Waals surface area contributed by atoms with Gasteiger partial charge in [0.25, 0.3) is 0 Å². The summed E-state index contributed by atoms with van der Waals surface area (Å²) in [6.45, 7) is 2.79. The molecular formula is C10H20BrN. The summed E-state index contributed by atoms with van der Waals surface area (Å²) < 4.78 is 0. The number of alkyl halides is 1. The molecule has 2 saturated heterocycles. The van der Waals surface area contributed by atoms with Gasteiger partial charge in [0.15, 0.2) is 0 Å². The molecule has 0 radical (unpaired) electrons. The molecule has 0 atom stereocenters. The third kappa shape index (κ3) is 2.74. The van der Waals surface area contributed by atoms with E-state index in [4.69, 9.17) is 0 Å². The van der Waals surface area contributed by atoms with Crippen LogP contribution in [0.25, 0.3) is 0 Å². The molecule has 0 amide bonds. The first kappa shape index (κ1) is 10.5. The van der Waals surface area contributed by atoms with Gasteiger partial charge in [-0.3, -0.25) is 0 Å². The summed E-state index contributed by atoms with van der Waals surface area (Å²) in [5.41, 5.74) is 0. The van der Waals surface area contributed by atoms with Crippen LogP contribution >= 0.6 is 15.9 Å². The fourth-order valence-electron chi connectivity index (χ4n) is 2.38. The Morgan fingerprint density at radius 1 is 0.917 bits per heavy atom.